The number of carbonyl (C=O) groups is 1. The molecule has 110 valence electrons. The van der Waals surface area contributed by atoms with Crippen LogP contribution in [0.3, 0.4) is 0 Å². The second-order valence-corrected chi connectivity index (χ2v) is 4.19. The van der Waals surface area contributed by atoms with Crippen LogP contribution in [0, 0.1) is 21.7 Å². The highest BCUT2D eigenvalue weighted by Crippen LogP contribution is 2.22. The van der Waals surface area contributed by atoms with Crippen LogP contribution in [0.15, 0.2) is 12.1 Å². The van der Waals surface area contributed by atoms with Gasteiger partial charge in [-0.05, 0) is 19.9 Å². The Morgan fingerprint density at radius 1 is 1.45 bits per heavy atom. The SMILES string of the molecule is CC(C)OCCNC(=O)c1c(F)ccc([N+](=O)[O-])c1F. The molecule has 0 aliphatic rings. The number of amides is 1. The van der Waals surface area contributed by atoms with E-state index in [9.17, 15) is 23.7 Å². The van der Waals surface area contributed by atoms with E-state index in [0.29, 0.717) is 12.1 Å². The number of nitrogens with one attached hydrogen (secondary N) is 1. The van der Waals surface area contributed by atoms with Crippen molar-refractivity contribution in [2.45, 2.75) is 20.0 Å². The quantitative estimate of drug-likeness (QED) is 0.493. The number of halogens is 2. The van der Waals surface area contributed by atoms with Gasteiger partial charge in [0, 0.05) is 12.6 Å². The summed E-state index contributed by atoms with van der Waals surface area (Å²) in [5, 5.41) is 12.8. The van der Waals surface area contributed by atoms with Crippen LogP contribution in [0.2, 0.25) is 0 Å². The first kappa shape index (κ1) is 16.0. The van der Waals surface area contributed by atoms with Crippen LogP contribution >= 0.6 is 0 Å². The van der Waals surface area contributed by atoms with Crippen LogP contribution in [0.5, 0.6) is 0 Å². The van der Waals surface area contributed by atoms with Gasteiger partial charge in [0.05, 0.1) is 17.6 Å². The predicted molar refractivity (Wildman–Crippen MR) is 66.4 cm³/mol. The number of hydrogen-bond acceptors (Lipinski definition) is 4. The van der Waals surface area contributed by atoms with Gasteiger partial charge in [0.25, 0.3) is 5.91 Å². The number of rotatable bonds is 6. The van der Waals surface area contributed by atoms with Crippen molar-refractivity contribution in [1.29, 1.82) is 0 Å². The first-order valence-electron chi connectivity index (χ1n) is 5.86. The summed E-state index contributed by atoms with van der Waals surface area (Å²) in [5.74, 6) is -3.70. The molecule has 1 aromatic carbocycles. The van der Waals surface area contributed by atoms with E-state index in [1.54, 1.807) is 13.8 Å². The van der Waals surface area contributed by atoms with Crippen molar-refractivity contribution < 1.29 is 23.2 Å². The summed E-state index contributed by atoms with van der Waals surface area (Å²) in [7, 11) is 0. The molecule has 0 aromatic heterocycles. The Morgan fingerprint density at radius 3 is 2.65 bits per heavy atom. The molecule has 8 heteroatoms. The fraction of sp³-hybridized carbons (Fsp3) is 0.417. The number of ether oxygens (including phenoxy) is 1. The van der Waals surface area contributed by atoms with Crippen molar-refractivity contribution >= 4 is 11.6 Å². The maximum Gasteiger partial charge on any atom is 0.305 e. The van der Waals surface area contributed by atoms with Gasteiger partial charge in [0.2, 0.25) is 5.82 Å². The molecule has 0 fully saturated rings. The largest absolute Gasteiger partial charge is 0.377 e. The summed E-state index contributed by atoms with van der Waals surface area (Å²) in [6.45, 7) is 3.80. The summed E-state index contributed by atoms with van der Waals surface area (Å²) in [6.07, 6.45) is -0.0433. The van der Waals surface area contributed by atoms with Gasteiger partial charge < -0.3 is 10.1 Å². The van der Waals surface area contributed by atoms with E-state index in [-0.39, 0.29) is 19.3 Å². The van der Waals surface area contributed by atoms with E-state index < -0.39 is 33.7 Å². The van der Waals surface area contributed by atoms with Crippen LogP contribution in [0.25, 0.3) is 0 Å². The number of nitro groups is 1. The summed E-state index contributed by atoms with van der Waals surface area (Å²) >= 11 is 0. The van der Waals surface area contributed by atoms with Crippen LogP contribution < -0.4 is 5.32 Å². The number of carbonyl (C=O) groups excluding carboxylic acids is 1. The van der Waals surface area contributed by atoms with E-state index in [2.05, 4.69) is 5.32 Å². The Labute approximate surface area is 113 Å². The number of nitrogens with zero attached hydrogens (tertiary/aromatic N) is 1. The Hall–Kier alpha value is -2.09. The first-order chi connectivity index (χ1) is 9.34. The Balaban J connectivity index is 2.82. The van der Waals surface area contributed by atoms with E-state index in [1.807, 2.05) is 0 Å². The summed E-state index contributed by atoms with van der Waals surface area (Å²) in [6, 6.07) is 1.35. The van der Waals surface area contributed by atoms with Gasteiger partial charge in [0.1, 0.15) is 11.4 Å². The highest BCUT2D eigenvalue weighted by molar-refractivity contribution is 5.95. The zero-order valence-electron chi connectivity index (χ0n) is 11.0. The average molecular weight is 288 g/mol. The molecule has 0 bridgehead atoms. The first-order valence-corrected chi connectivity index (χ1v) is 5.86. The molecule has 6 nitrogen and oxygen atoms in total. The van der Waals surface area contributed by atoms with Crippen molar-refractivity contribution in [3.63, 3.8) is 0 Å². The van der Waals surface area contributed by atoms with Crippen LogP contribution in [0.4, 0.5) is 14.5 Å². The topological polar surface area (TPSA) is 81.5 Å². The van der Waals surface area contributed by atoms with E-state index in [4.69, 9.17) is 4.74 Å². The molecule has 0 aliphatic heterocycles. The number of nitro benzene ring substituents is 1. The molecule has 0 heterocycles. The lowest BCUT2D eigenvalue weighted by atomic mass is 10.1. The molecule has 0 atom stereocenters. The molecular weight excluding hydrogens is 274 g/mol. The second kappa shape index (κ2) is 6.90. The van der Waals surface area contributed by atoms with Gasteiger partial charge in [-0.3, -0.25) is 14.9 Å². The Morgan fingerprint density at radius 2 is 2.10 bits per heavy atom. The fourth-order valence-electron chi connectivity index (χ4n) is 1.44. The van der Waals surface area contributed by atoms with Crippen molar-refractivity contribution in [3.05, 3.63) is 39.4 Å². The smallest absolute Gasteiger partial charge is 0.305 e. The van der Waals surface area contributed by atoms with Gasteiger partial charge in [-0.25, -0.2) is 4.39 Å². The molecule has 1 N–H and O–H groups in total. The highest BCUT2D eigenvalue weighted by atomic mass is 19.1. The van der Waals surface area contributed by atoms with Crippen LogP contribution in [-0.2, 0) is 4.74 Å². The lowest BCUT2D eigenvalue weighted by Crippen LogP contribution is -2.29. The number of benzene rings is 1. The Bertz CT molecular complexity index is 520. The molecule has 1 amide bonds. The van der Waals surface area contributed by atoms with Gasteiger partial charge >= 0.3 is 5.69 Å². The molecule has 20 heavy (non-hydrogen) atoms. The van der Waals surface area contributed by atoms with Gasteiger partial charge in [-0.2, -0.15) is 4.39 Å². The third-order valence-electron chi connectivity index (χ3n) is 2.33. The molecule has 1 aromatic rings. The molecule has 1 rings (SSSR count). The third kappa shape index (κ3) is 3.95. The second-order valence-electron chi connectivity index (χ2n) is 4.19. The molecule has 0 saturated carbocycles. The minimum atomic E-state index is -1.49. The van der Waals surface area contributed by atoms with Gasteiger partial charge in [-0.15, -0.1) is 0 Å². The maximum absolute atomic E-state index is 13.7. The zero-order valence-corrected chi connectivity index (χ0v) is 11.0. The summed E-state index contributed by atoms with van der Waals surface area (Å²) < 4.78 is 32.3. The van der Waals surface area contributed by atoms with Gasteiger partial charge in [-0.1, -0.05) is 0 Å². The van der Waals surface area contributed by atoms with Crippen molar-refractivity contribution in [2.75, 3.05) is 13.2 Å². The molecule has 0 spiro atoms. The van der Waals surface area contributed by atoms with Gasteiger partial charge in [0.15, 0.2) is 0 Å². The monoisotopic (exact) mass is 288 g/mol. The molecule has 0 aliphatic carbocycles. The Kier molecular flexibility index (Phi) is 5.51. The summed E-state index contributed by atoms with van der Waals surface area (Å²) in [5.41, 5.74) is -1.92. The normalized spacial score (nSPS) is 10.7. The fourth-order valence-corrected chi connectivity index (χ4v) is 1.44. The average Bonchev–Trinajstić information content (AvgIpc) is 2.34. The van der Waals surface area contributed by atoms with E-state index in [1.165, 1.54) is 0 Å². The lowest BCUT2D eigenvalue weighted by molar-refractivity contribution is -0.387. The minimum absolute atomic E-state index is 0.0403. The minimum Gasteiger partial charge on any atom is -0.377 e. The molecule has 0 radical (unpaired) electrons. The van der Waals surface area contributed by atoms with E-state index in [0.717, 1.165) is 0 Å². The molecular formula is C12H14F2N2O4. The van der Waals surface area contributed by atoms with E-state index >= 15 is 0 Å². The summed E-state index contributed by atoms with van der Waals surface area (Å²) in [4.78, 5) is 21.2. The number of hydrogen-bond donors (Lipinski definition) is 1. The highest BCUT2D eigenvalue weighted by Gasteiger charge is 2.25. The molecule has 0 saturated heterocycles. The molecule has 0 unspecified atom stereocenters. The standard InChI is InChI=1S/C12H14F2N2O4/c1-7(2)20-6-5-15-12(17)10-8(13)3-4-9(11(10)14)16(18)19/h3-4,7H,5-6H2,1-2H3,(H,15,17). The van der Waals surface area contributed by atoms with Crippen LogP contribution in [-0.4, -0.2) is 30.1 Å². The lowest BCUT2D eigenvalue weighted by Gasteiger charge is -2.09. The third-order valence-corrected chi connectivity index (χ3v) is 2.33. The maximum atomic E-state index is 13.7. The van der Waals surface area contributed by atoms with Crippen molar-refractivity contribution in [1.82, 2.24) is 5.32 Å². The van der Waals surface area contributed by atoms with Crippen molar-refractivity contribution in [2.24, 2.45) is 0 Å². The zero-order chi connectivity index (χ0) is 15.3. The predicted octanol–water partition coefficient (Wildman–Crippen LogP) is 2.03. The van der Waals surface area contributed by atoms with Crippen molar-refractivity contribution in [3.8, 4) is 0 Å². The van der Waals surface area contributed by atoms with Crippen LogP contribution in [0.1, 0.15) is 24.2 Å².